The molecule has 1 aromatic rings. The van der Waals surface area contributed by atoms with Crippen LogP contribution in [0.4, 0.5) is 10.5 Å². The van der Waals surface area contributed by atoms with Gasteiger partial charge in [-0.25, -0.2) is 4.79 Å². The standard InChI is InChI=1S/C19H26N2O2S/c1-18(2,3)23-17(22)21-11-13-7-6-8-14(12-21)19(13)20-15-9-4-5-10-16(15)24-19/h4-5,9-10,13-14,20H,6-8,11-12H2,1-3H3. The van der Waals surface area contributed by atoms with Crippen molar-refractivity contribution in [2.24, 2.45) is 11.8 Å². The topological polar surface area (TPSA) is 41.6 Å². The fourth-order valence-corrected chi connectivity index (χ4v) is 5.98. The van der Waals surface area contributed by atoms with Gasteiger partial charge in [-0.3, -0.25) is 0 Å². The molecule has 0 radical (unpaired) electrons. The molecule has 3 aliphatic rings. The predicted octanol–water partition coefficient (Wildman–Crippen LogP) is 4.57. The number of rotatable bonds is 0. The highest BCUT2D eigenvalue weighted by molar-refractivity contribution is 8.01. The molecule has 1 N–H and O–H groups in total. The Morgan fingerprint density at radius 1 is 1.25 bits per heavy atom. The Morgan fingerprint density at radius 3 is 2.54 bits per heavy atom. The molecule has 1 spiro atoms. The molecular formula is C19H26N2O2S. The largest absolute Gasteiger partial charge is 0.444 e. The highest BCUT2D eigenvalue weighted by Gasteiger charge is 2.56. The first kappa shape index (κ1) is 16.1. The number of hydrogen-bond acceptors (Lipinski definition) is 4. The third-order valence-corrected chi connectivity index (χ3v) is 7.03. The third-order valence-electron chi connectivity index (χ3n) is 5.35. The lowest BCUT2D eigenvalue weighted by molar-refractivity contribution is -0.00332. The van der Waals surface area contributed by atoms with Gasteiger partial charge in [0.15, 0.2) is 0 Å². The number of amides is 1. The van der Waals surface area contributed by atoms with Gasteiger partial charge in [0, 0.05) is 35.5 Å². The fraction of sp³-hybridized carbons (Fsp3) is 0.632. The van der Waals surface area contributed by atoms with Crippen molar-refractivity contribution in [2.45, 2.75) is 55.4 Å². The van der Waals surface area contributed by atoms with Gasteiger partial charge in [0.25, 0.3) is 0 Å². The summed E-state index contributed by atoms with van der Waals surface area (Å²) in [6, 6.07) is 8.58. The second-order valence-electron chi connectivity index (χ2n) is 8.23. The maximum Gasteiger partial charge on any atom is 0.410 e. The zero-order chi connectivity index (χ0) is 16.9. The zero-order valence-electron chi connectivity index (χ0n) is 14.7. The number of hydrogen-bond donors (Lipinski definition) is 1. The van der Waals surface area contributed by atoms with Crippen LogP contribution in [0.3, 0.4) is 0 Å². The van der Waals surface area contributed by atoms with Gasteiger partial charge in [-0.15, -0.1) is 0 Å². The second-order valence-corrected chi connectivity index (χ2v) is 9.55. The fourth-order valence-electron chi connectivity index (χ4n) is 4.36. The number of para-hydroxylation sites is 1. The first-order valence-corrected chi connectivity index (χ1v) is 9.73. The smallest absolute Gasteiger partial charge is 0.410 e. The van der Waals surface area contributed by atoms with E-state index in [1.807, 2.05) is 37.4 Å². The summed E-state index contributed by atoms with van der Waals surface area (Å²) in [5.74, 6) is 0.935. The van der Waals surface area contributed by atoms with Crippen molar-refractivity contribution >= 4 is 23.5 Å². The van der Waals surface area contributed by atoms with Crippen molar-refractivity contribution in [1.82, 2.24) is 4.90 Å². The Bertz CT molecular complexity index is 614. The lowest BCUT2D eigenvalue weighted by atomic mass is 9.72. The molecule has 2 unspecified atom stereocenters. The summed E-state index contributed by atoms with van der Waals surface area (Å²) in [5, 5.41) is 3.84. The summed E-state index contributed by atoms with van der Waals surface area (Å²) in [6.07, 6.45) is 3.44. The summed E-state index contributed by atoms with van der Waals surface area (Å²) < 4.78 is 5.62. The minimum Gasteiger partial charge on any atom is -0.444 e. The van der Waals surface area contributed by atoms with E-state index in [-0.39, 0.29) is 11.0 Å². The highest BCUT2D eigenvalue weighted by atomic mass is 32.2. The molecule has 130 valence electrons. The summed E-state index contributed by atoms with van der Waals surface area (Å²) in [5.41, 5.74) is 0.822. The summed E-state index contributed by atoms with van der Waals surface area (Å²) in [6.45, 7) is 7.38. The number of fused-ring (bicyclic) bond motifs is 1. The molecule has 1 aromatic carbocycles. The van der Waals surface area contributed by atoms with Gasteiger partial charge in [0.05, 0.1) is 4.87 Å². The normalized spacial score (nSPS) is 31.5. The lowest BCUT2D eigenvalue weighted by Gasteiger charge is -2.53. The molecule has 4 rings (SSSR count). The van der Waals surface area contributed by atoms with Crippen LogP contribution in [0.1, 0.15) is 40.0 Å². The summed E-state index contributed by atoms with van der Waals surface area (Å²) in [4.78, 5) is 15.9. The molecular weight excluding hydrogens is 320 g/mol. The van der Waals surface area contributed by atoms with Gasteiger partial charge in [0.2, 0.25) is 0 Å². The molecule has 5 heteroatoms. The SMILES string of the molecule is CC(C)(C)OC(=O)N1CC2CCCC(C1)C21Nc2ccccc2S1. The van der Waals surface area contributed by atoms with Crippen molar-refractivity contribution in [3.63, 3.8) is 0 Å². The van der Waals surface area contributed by atoms with Gasteiger partial charge in [-0.1, -0.05) is 30.3 Å². The molecule has 1 aliphatic carbocycles. The van der Waals surface area contributed by atoms with E-state index in [1.54, 1.807) is 0 Å². The summed E-state index contributed by atoms with van der Waals surface area (Å²) in [7, 11) is 0. The molecule has 4 nitrogen and oxygen atoms in total. The molecule has 2 heterocycles. The monoisotopic (exact) mass is 346 g/mol. The van der Waals surface area contributed by atoms with Gasteiger partial charge < -0.3 is 15.0 Å². The van der Waals surface area contributed by atoms with Gasteiger partial charge in [-0.2, -0.15) is 0 Å². The van der Waals surface area contributed by atoms with E-state index < -0.39 is 5.60 Å². The van der Waals surface area contributed by atoms with E-state index in [0.29, 0.717) is 11.8 Å². The lowest BCUT2D eigenvalue weighted by Crippen LogP contribution is -2.62. The average Bonchev–Trinajstić information content (AvgIpc) is 2.83. The number of likely N-dealkylation sites (tertiary alicyclic amines) is 1. The molecule has 2 atom stereocenters. The van der Waals surface area contributed by atoms with Crippen LogP contribution in [0.15, 0.2) is 29.2 Å². The maximum absolute atomic E-state index is 12.5. The van der Waals surface area contributed by atoms with Crippen LogP contribution in [0.5, 0.6) is 0 Å². The van der Waals surface area contributed by atoms with Crippen molar-refractivity contribution in [2.75, 3.05) is 18.4 Å². The van der Waals surface area contributed by atoms with Crippen LogP contribution in [-0.4, -0.2) is 34.6 Å². The van der Waals surface area contributed by atoms with E-state index in [4.69, 9.17) is 4.74 Å². The van der Waals surface area contributed by atoms with E-state index in [2.05, 4.69) is 29.6 Å². The Hall–Kier alpha value is -1.36. The number of carbonyl (C=O) groups is 1. The predicted molar refractivity (Wildman–Crippen MR) is 97.3 cm³/mol. The third kappa shape index (κ3) is 2.67. The van der Waals surface area contributed by atoms with Crippen LogP contribution in [-0.2, 0) is 4.74 Å². The molecule has 1 saturated carbocycles. The zero-order valence-corrected chi connectivity index (χ0v) is 15.5. The molecule has 1 saturated heterocycles. The van der Waals surface area contributed by atoms with Crippen LogP contribution in [0.25, 0.3) is 0 Å². The van der Waals surface area contributed by atoms with Crippen molar-refractivity contribution in [1.29, 1.82) is 0 Å². The van der Waals surface area contributed by atoms with Crippen molar-refractivity contribution < 1.29 is 9.53 Å². The maximum atomic E-state index is 12.5. The molecule has 24 heavy (non-hydrogen) atoms. The number of nitrogens with one attached hydrogen (secondary N) is 1. The van der Waals surface area contributed by atoms with Crippen LogP contribution in [0.2, 0.25) is 0 Å². The number of benzene rings is 1. The Balaban J connectivity index is 1.56. The van der Waals surface area contributed by atoms with E-state index in [0.717, 1.165) is 13.1 Å². The first-order valence-electron chi connectivity index (χ1n) is 8.91. The second kappa shape index (κ2) is 5.58. The number of ether oxygens (including phenoxy) is 1. The first-order chi connectivity index (χ1) is 11.4. The average molecular weight is 346 g/mol. The minimum absolute atomic E-state index is 0.0560. The Morgan fingerprint density at radius 2 is 1.92 bits per heavy atom. The number of carbonyl (C=O) groups excluding carboxylic acids is 1. The van der Waals surface area contributed by atoms with E-state index in [9.17, 15) is 4.79 Å². The van der Waals surface area contributed by atoms with Crippen LogP contribution in [0, 0.1) is 11.8 Å². The van der Waals surface area contributed by atoms with Gasteiger partial charge in [-0.05, 0) is 45.7 Å². The molecule has 1 amide bonds. The number of thioether (sulfide) groups is 1. The Kier molecular flexibility index (Phi) is 3.75. The van der Waals surface area contributed by atoms with Crippen LogP contribution >= 0.6 is 11.8 Å². The van der Waals surface area contributed by atoms with Crippen molar-refractivity contribution in [3.8, 4) is 0 Å². The molecule has 0 aromatic heterocycles. The molecule has 2 fully saturated rings. The minimum atomic E-state index is -0.433. The molecule has 2 aliphatic heterocycles. The number of anilines is 1. The van der Waals surface area contributed by atoms with Crippen LogP contribution < -0.4 is 5.32 Å². The molecule has 2 bridgehead atoms. The highest BCUT2D eigenvalue weighted by Crippen LogP contribution is 2.58. The number of nitrogens with zero attached hydrogens (tertiary/aromatic N) is 1. The number of piperidine rings is 1. The quantitative estimate of drug-likeness (QED) is 0.747. The van der Waals surface area contributed by atoms with Crippen molar-refractivity contribution in [3.05, 3.63) is 24.3 Å². The van der Waals surface area contributed by atoms with E-state index in [1.165, 1.54) is 29.8 Å². The summed E-state index contributed by atoms with van der Waals surface area (Å²) >= 11 is 1.99. The Labute approximate surface area is 148 Å². The van der Waals surface area contributed by atoms with E-state index >= 15 is 0 Å². The van der Waals surface area contributed by atoms with Gasteiger partial charge >= 0.3 is 6.09 Å². The van der Waals surface area contributed by atoms with Gasteiger partial charge in [0.1, 0.15) is 5.60 Å².